The van der Waals surface area contributed by atoms with E-state index in [4.69, 9.17) is 10.2 Å². The van der Waals surface area contributed by atoms with Gasteiger partial charge >= 0.3 is 0 Å². The maximum absolute atomic E-state index is 11.3. The number of benzene rings is 1. The van der Waals surface area contributed by atoms with E-state index >= 15 is 0 Å². The molecule has 2 rings (SSSR count). The lowest BCUT2D eigenvalue weighted by Crippen LogP contribution is -2.16. The number of Topliss-reactive ketones (excluding diaryl/α,β-unsaturated/α-hetero) is 1. The Bertz CT molecular complexity index is 547. The van der Waals surface area contributed by atoms with Crippen LogP contribution in [0.15, 0.2) is 41.2 Å². The second-order valence-electron chi connectivity index (χ2n) is 4.32. The number of nitrogens with zero attached hydrogens (tertiary/aromatic N) is 1. The lowest BCUT2D eigenvalue weighted by Gasteiger charge is -2.19. The number of nitrogens with two attached hydrogens (primary N) is 1. The summed E-state index contributed by atoms with van der Waals surface area (Å²) in [6.07, 6.45) is 3.36. The number of furan rings is 1. The highest BCUT2D eigenvalue weighted by atomic mass is 16.3. The van der Waals surface area contributed by atoms with Crippen LogP contribution in [0.25, 0.3) is 0 Å². The lowest BCUT2D eigenvalue weighted by atomic mass is 10.1. The zero-order valence-electron chi connectivity index (χ0n) is 10.5. The summed E-state index contributed by atoms with van der Waals surface area (Å²) < 4.78 is 5.03. The van der Waals surface area contributed by atoms with Gasteiger partial charge in [0.1, 0.15) is 0 Å². The van der Waals surface area contributed by atoms with E-state index in [1.54, 1.807) is 18.6 Å². The fourth-order valence-electron chi connectivity index (χ4n) is 1.86. The first-order valence-electron chi connectivity index (χ1n) is 5.70. The summed E-state index contributed by atoms with van der Waals surface area (Å²) in [5, 5.41) is 0. The molecule has 94 valence electrons. The first kappa shape index (κ1) is 12.2. The minimum absolute atomic E-state index is 0.0171. The molecule has 1 heterocycles. The molecule has 2 N–H and O–H groups in total. The van der Waals surface area contributed by atoms with Crippen LogP contribution in [0.2, 0.25) is 0 Å². The second kappa shape index (κ2) is 4.96. The Balaban J connectivity index is 2.18. The molecule has 0 bridgehead atoms. The Hall–Kier alpha value is -2.23. The molecule has 0 spiro atoms. The van der Waals surface area contributed by atoms with Crippen LogP contribution in [-0.2, 0) is 6.54 Å². The van der Waals surface area contributed by atoms with E-state index in [2.05, 4.69) is 0 Å². The number of rotatable bonds is 4. The van der Waals surface area contributed by atoms with Gasteiger partial charge in [-0.25, -0.2) is 0 Å². The minimum Gasteiger partial charge on any atom is -0.472 e. The monoisotopic (exact) mass is 244 g/mol. The van der Waals surface area contributed by atoms with Gasteiger partial charge in [0.25, 0.3) is 0 Å². The van der Waals surface area contributed by atoms with Crippen LogP contribution in [0.1, 0.15) is 22.8 Å². The number of nitrogen functional groups attached to an aromatic ring is 1. The molecule has 0 radical (unpaired) electrons. The van der Waals surface area contributed by atoms with Crippen LogP contribution in [0, 0.1) is 0 Å². The first-order valence-corrected chi connectivity index (χ1v) is 5.70. The molecule has 1 aromatic carbocycles. The van der Waals surface area contributed by atoms with Crippen LogP contribution >= 0.6 is 0 Å². The number of anilines is 2. The highest BCUT2D eigenvalue weighted by Crippen LogP contribution is 2.22. The smallest absolute Gasteiger partial charge is 0.161 e. The third-order valence-electron chi connectivity index (χ3n) is 2.86. The van der Waals surface area contributed by atoms with E-state index < -0.39 is 0 Å². The predicted molar refractivity (Wildman–Crippen MR) is 71.7 cm³/mol. The first-order chi connectivity index (χ1) is 8.58. The van der Waals surface area contributed by atoms with Crippen LogP contribution in [-0.4, -0.2) is 12.8 Å². The number of hydrogen-bond donors (Lipinski definition) is 1. The minimum atomic E-state index is -0.0171. The van der Waals surface area contributed by atoms with E-state index in [0.717, 1.165) is 17.8 Å². The standard InChI is InChI=1S/C14H16N2O2/c1-10(17)13-4-3-12(7-14(13)15)16(2)8-11-5-6-18-9-11/h3-7,9H,8,15H2,1-2H3. The highest BCUT2D eigenvalue weighted by molar-refractivity contribution is 5.99. The van der Waals surface area contributed by atoms with E-state index in [-0.39, 0.29) is 5.78 Å². The molecule has 1 aromatic heterocycles. The molecular formula is C14H16N2O2. The van der Waals surface area contributed by atoms with Gasteiger partial charge < -0.3 is 15.1 Å². The normalized spacial score (nSPS) is 10.3. The summed E-state index contributed by atoms with van der Waals surface area (Å²) in [6, 6.07) is 7.40. The molecule has 0 aliphatic heterocycles. The van der Waals surface area contributed by atoms with Crippen LogP contribution < -0.4 is 10.6 Å². The molecule has 0 amide bonds. The van der Waals surface area contributed by atoms with Crippen molar-refractivity contribution in [3.8, 4) is 0 Å². The van der Waals surface area contributed by atoms with Crippen LogP contribution in [0.5, 0.6) is 0 Å². The van der Waals surface area contributed by atoms with Crippen molar-refractivity contribution < 1.29 is 9.21 Å². The molecule has 0 unspecified atom stereocenters. The third kappa shape index (κ3) is 2.53. The molecule has 0 aliphatic rings. The predicted octanol–water partition coefficient (Wildman–Crippen LogP) is 2.70. The maximum Gasteiger partial charge on any atom is 0.161 e. The van der Waals surface area contributed by atoms with Gasteiger partial charge in [-0.05, 0) is 31.2 Å². The van der Waals surface area contributed by atoms with Crippen molar-refractivity contribution >= 4 is 17.2 Å². The zero-order valence-corrected chi connectivity index (χ0v) is 10.5. The van der Waals surface area contributed by atoms with E-state index in [1.807, 2.05) is 30.1 Å². The molecule has 2 aromatic rings. The van der Waals surface area contributed by atoms with Gasteiger partial charge in [0.15, 0.2) is 5.78 Å². The summed E-state index contributed by atoms with van der Waals surface area (Å²) in [5.74, 6) is -0.0171. The molecular weight excluding hydrogens is 228 g/mol. The van der Waals surface area contributed by atoms with Crippen molar-refractivity contribution in [3.05, 3.63) is 47.9 Å². The molecule has 4 nitrogen and oxygen atoms in total. The van der Waals surface area contributed by atoms with E-state index in [9.17, 15) is 4.79 Å². The van der Waals surface area contributed by atoms with Crippen molar-refractivity contribution in [3.63, 3.8) is 0 Å². The molecule has 4 heteroatoms. The zero-order chi connectivity index (χ0) is 13.1. The topological polar surface area (TPSA) is 59.5 Å². The summed E-state index contributed by atoms with van der Waals surface area (Å²) in [7, 11) is 1.97. The second-order valence-corrected chi connectivity index (χ2v) is 4.32. The van der Waals surface area contributed by atoms with E-state index in [1.165, 1.54) is 6.92 Å². The number of hydrogen-bond acceptors (Lipinski definition) is 4. The van der Waals surface area contributed by atoms with Crippen molar-refractivity contribution in [2.24, 2.45) is 0 Å². The Kier molecular flexibility index (Phi) is 3.37. The molecule has 0 saturated carbocycles. The SMILES string of the molecule is CC(=O)c1ccc(N(C)Cc2ccoc2)cc1N. The summed E-state index contributed by atoms with van der Waals surface area (Å²) in [5.41, 5.74) is 9.01. The van der Waals surface area contributed by atoms with Gasteiger partial charge in [-0.1, -0.05) is 0 Å². The van der Waals surface area contributed by atoms with E-state index in [0.29, 0.717) is 11.3 Å². The number of carbonyl (C=O) groups is 1. The van der Waals surface area contributed by atoms with Gasteiger partial charge in [0.2, 0.25) is 0 Å². The fraction of sp³-hybridized carbons (Fsp3) is 0.214. The Morgan fingerprint density at radius 1 is 1.39 bits per heavy atom. The molecule has 18 heavy (non-hydrogen) atoms. The van der Waals surface area contributed by atoms with Gasteiger partial charge in [-0.2, -0.15) is 0 Å². The Morgan fingerprint density at radius 2 is 2.17 bits per heavy atom. The largest absolute Gasteiger partial charge is 0.472 e. The lowest BCUT2D eigenvalue weighted by molar-refractivity contribution is 0.101. The van der Waals surface area contributed by atoms with Crippen molar-refractivity contribution in [1.29, 1.82) is 0 Å². The number of ketones is 1. The van der Waals surface area contributed by atoms with Crippen molar-refractivity contribution in [2.45, 2.75) is 13.5 Å². The molecule has 0 saturated heterocycles. The van der Waals surface area contributed by atoms with Crippen LogP contribution in [0.3, 0.4) is 0 Å². The van der Waals surface area contributed by atoms with Gasteiger partial charge in [0.05, 0.1) is 12.5 Å². The Labute approximate surface area is 106 Å². The van der Waals surface area contributed by atoms with Gasteiger partial charge in [0, 0.05) is 36.1 Å². The highest BCUT2D eigenvalue weighted by Gasteiger charge is 2.08. The Morgan fingerprint density at radius 3 is 2.72 bits per heavy atom. The fourth-order valence-corrected chi connectivity index (χ4v) is 1.86. The van der Waals surface area contributed by atoms with Gasteiger partial charge in [-0.15, -0.1) is 0 Å². The molecule has 0 aliphatic carbocycles. The quantitative estimate of drug-likeness (QED) is 0.663. The number of carbonyl (C=O) groups excluding carboxylic acids is 1. The van der Waals surface area contributed by atoms with Crippen molar-refractivity contribution in [2.75, 3.05) is 17.7 Å². The maximum atomic E-state index is 11.3. The summed E-state index contributed by atoms with van der Waals surface area (Å²) >= 11 is 0. The molecule has 0 fully saturated rings. The third-order valence-corrected chi connectivity index (χ3v) is 2.86. The summed E-state index contributed by atoms with van der Waals surface area (Å²) in [4.78, 5) is 13.3. The van der Waals surface area contributed by atoms with Crippen molar-refractivity contribution in [1.82, 2.24) is 0 Å². The van der Waals surface area contributed by atoms with Gasteiger partial charge in [-0.3, -0.25) is 4.79 Å². The molecule has 0 atom stereocenters. The summed E-state index contributed by atoms with van der Waals surface area (Å²) in [6.45, 7) is 2.25. The average molecular weight is 244 g/mol. The van der Waals surface area contributed by atoms with Crippen LogP contribution in [0.4, 0.5) is 11.4 Å². The average Bonchev–Trinajstić information content (AvgIpc) is 2.81.